The van der Waals surface area contributed by atoms with Gasteiger partial charge in [-0.2, -0.15) is 9.78 Å². The summed E-state index contributed by atoms with van der Waals surface area (Å²) < 4.78 is 6.80. The van der Waals surface area contributed by atoms with E-state index in [4.69, 9.17) is 4.74 Å². The van der Waals surface area contributed by atoms with E-state index in [1.54, 1.807) is 19.5 Å². The summed E-state index contributed by atoms with van der Waals surface area (Å²) in [7, 11) is 1.70. The standard InChI is InChI=1S/C20H26N4O2/c1-16-11-21-24(12-16)19(25)23-9-7-20(15-23)6-8-22(14-20)13-17-4-3-5-18(10-17)26-2/h3-5,10-12H,6-9,13-15H2,1-2H3. The second-order valence-electron chi connectivity index (χ2n) is 7.73. The van der Waals surface area contributed by atoms with Crippen LogP contribution in [0.4, 0.5) is 4.79 Å². The van der Waals surface area contributed by atoms with Crippen molar-refractivity contribution in [2.24, 2.45) is 5.41 Å². The lowest BCUT2D eigenvalue weighted by Gasteiger charge is -2.24. The number of hydrogen-bond acceptors (Lipinski definition) is 4. The molecule has 2 saturated heterocycles. The molecule has 6 nitrogen and oxygen atoms in total. The Balaban J connectivity index is 1.38. The van der Waals surface area contributed by atoms with Crippen LogP contribution in [0.5, 0.6) is 5.75 Å². The second kappa shape index (κ2) is 6.76. The first-order valence-electron chi connectivity index (χ1n) is 9.23. The molecule has 2 aliphatic heterocycles. The highest BCUT2D eigenvalue weighted by atomic mass is 16.5. The molecule has 4 rings (SSSR count). The highest BCUT2D eigenvalue weighted by molar-refractivity contribution is 5.76. The summed E-state index contributed by atoms with van der Waals surface area (Å²) in [4.78, 5) is 17.1. The van der Waals surface area contributed by atoms with Crippen LogP contribution in [0.2, 0.25) is 0 Å². The van der Waals surface area contributed by atoms with Crippen LogP contribution in [0, 0.1) is 12.3 Å². The minimum Gasteiger partial charge on any atom is -0.497 e. The Hall–Kier alpha value is -2.34. The Labute approximate surface area is 154 Å². The number of ether oxygens (including phenoxy) is 1. The smallest absolute Gasteiger partial charge is 0.344 e. The summed E-state index contributed by atoms with van der Waals surface area (Å²) >= 11 is 0. The molecule has 3 heterocycles. The van der Waals surface area contributed by atoms with Gasteiger partial charge in [0, 0.05) is 37.8 Å². The number of hydrogen-bond donors (Lipinski definition) is 0. The van der Waals surface area contributed by atoms with Crippen molar-refractivity contribution in [3.8, 4) is 5.75 Å². The Bertz CT molecular complexity index is 803. The normalized spacial score (nSPS) is 23.1. The first kappa shape index (κ1) is 17.1. The molecule has 0 radical (unpaired) electrons. The van der Waals surface area contributed by atoms with Crippen molar-refractivity contribution in [2.75, 3.05) is 33.3 Å². The quantitative estimate of drug-likeness (QED) is 0.850. The summed E-state index contributed by atoms with van der Waals surface area (Å²) in [5.41, 5.74) is 2.52. The van der Waals surface area contributed by atoms with Gasteiger partial charge in [-0.15, -0.1) is 0 Å². The van der Waals surface area contributed by atoms with Crippen molar-refractivity contribution in [3.63, 3.8) is 0 Å². The molecule has 1 aromatic carbocycles. The minimum absolute atomic E-state index is 0.00113. The number of aryl methyl sites for hydroxylation is 1. The maximum Gasteiger partial charge on any atom is 0.344 e. The summed E-state index contributed by atoms with van der Waals surface area (Å²) in [6.45, 7) is 6.68. The molecule has 1 unspecified atom stereocenters. The molecule has 0 aliphatic carbocycles. The van der Waals surface area contributed by atoms with Gasteiger partial charge in [0.15, 0.2) is 0 Å². The zero-order valence-electron chi connectivity index (χ0n) is 15.5. The number of carbonyl (C=O) groups is 1. The van der Waals surface area contributed by atoms with Crippen LogP contribution in [-0.2, 0) is 6.54 Å². The molecule has 2 fully saturated rings. The van der Waals surface area contributed by atoms with Crippen molar-refractivity contribution in [3.05, 3.63) is 47.8 Å². The van der Waals surface area contributed by atoms with Crippen LogP contribution >= 0.6 is 0 Å². The lowest BCUT2D eigenvalue weighted by Crippen LogP contribution is -2.36. The van der Waals surface area contributed by atoms with Crippen molar-refractivity contribution in [1.29, 1.82) is 0 Å². The lowest BCUT2D eigenvalue weighted by atomic mass is 9.86. The number of carbonyl (C=O) groups excluding carboxylic acids is 1. The lowest BCUT2D eigenvalue weighted by molar-refractivity contribution is 0.196. The topological polar surface area (TPSA) is 50.6 Å². The highest BCUT2D eigenvalue weighted by Gasteiger charge is 2.44. The van der Waals surface area contributed by atoms with Gasteiger partial charge in [0.2, 0.25) is 0 Å². The van der Waals surface area contributed by atoms with E-state index in [1.165, 1.54) is 10.2 Å². The first-order chi connectivity index (χ1) is 12.6. The maximum atomic E-state index is 12.6. The van der Waals surface area contributed by atoms with E-state index in [-0.39, 0.29) is 11.4 Å². The molecule has 0 N–H and O–H groups in total. The molecule has 1 spiro atoms. The zero-order valence-corrected chi connectivity index (χ0v) is 15.5. The highest BCUT2D eigenvalue weighted by Crippen LogP contribution is 2.40. The molecule has 6 heteroatoms. The van der Waals surface area contributed by atoms with Gasteiger partial charge in [0.25, 0.3) is 0 Å². The number of rotatable bonds is 3. The van der Waals surface area contributed by atoms with Crippen molar-refractivity contribution in [2.45, 2.75) is 26.3 Å². The van der Waals surface area contributed by atoms with Crippen molar-refractivity contribution >= 4 is 6.03 Å². The van der Waals surface area contributed by atoms with Crippen LogP contribution in [0.25, 0.3) is 0 Å². The van der Waals surface area contributed by atoms with Crippen LogP contribution < -0.4 is 4.74 Å². The van der Waals surface area contributed by atoms with Gasteiger partial charge in [-0.25, -0.2) is 4.79 Å². The van der Waals surface area contributed by atoms with E-state index in [1.807, 2.05) is 24.0 Å². The summed E-state index contributed by atoms with van der Waals surface area (Å²) in [6, 6.07) is 8.28. The third-order valence-electron chi connectivity index (χ3n) is 5.67. The molecule has 138 valence electrons. The van der Waals surface area contributed by atoms with E-state index >= 15 is 0 Å². The average molecular weight is 354 g/mol. The number of nitrogens with zero attached hydrogens (tertiary/aromatic N) is 4. The van der Waals surface area contributed by atoms with Gasteiger partial charge in [0.1, 0.15) is 5.75 Å². The van der Waals surface area contributed by atoms with Gasteiger partial charge >= 0.3 is 6.03 Å². The number of amides is 1. The average Bonchev–Trinajstić information content (AvgIpc) is 3.36. The van der Waals surface area contributed by atoms with Crippen LogP contribution in [0.3, 0.4) is 0 Å². The van der Waals surface area contributed by atoms with Gasteiger partial charge in [0.05, 0.1) is 13.3 Å². The molecule has 1 aromatic heterocycles. The molecule has 0 bridgehead atoms. The summed E-state index contributed by atoms with van der Waals surface area (Å²) in [6.07, 6.45) is 5.76. The fourth-order valence-electron chi connectivity index (χ4n) is 4.29. The van der Waals surface area contributed by atoms with Crippen LogP contribution in [0.15, 0.2) is 36.7 Å². The molecule has 0 saturated carbocycles. The van der Waals surface area contributed by atoms with E-state index in [0.29, 0.717) is 0 Å². The molecular formula is C20H26N4O2. The Morgan fingerprint density at radius 1 is 1.27 bits per heavy atom. The number of aromatic nitrogens is 2. The van der Waals surface area contributed by atoms with Crippen LogP contribution in [-0.4, -0.2) is 58.9 Å². The molecule has 1 atom stereocenters. The molecule has 26 heavy (non-hydrogen) atoms. The monoisotopic (exact) mass is 354 g/mol. The Morgan fingerprint density at radius 3 is 2.88 bits per heavy atom. The predicted molar refractivity (Wildman–Crippen MR) is 99.3 cm³/mol. The van der Waals surface area contributed by atoms with Crippen molar-refractivity contribution in [1.82, 2.24) is 19.6 Å². The van der Waals surface area contributed by atoms with E-state index in [9.17, 15) is 4.79 Å². The SMILES string of the molecule is COc1cccc(CN2CCC3(CCN(C(=O)n4cc(C)cn4)C3)C2)c1. The zero-order chi connectivity index (χ0) is 18.1. The maximum absolute atomic E-state index is 12.6. The first-order valence-corrected chi connectivity index (χ1v) is 9.23. The number of methoxy groups -OCH3 is 1. The van der Waals surface area contributed by atoms with Crippen molar-refractivity contribution < 1.29 is 9.53 Å². The third-order valence-corrected chi connectivity index (χ3v) is 5.67. The Kier molecular flexibility index (Phi) is 4.44. The third kappa shape index (κ3) is 3.33. The van der Waals surface area contributed by atoms with Gasteiger partial charge in [-0.1, -0.05) is 12.1 Å². The van der Waals surface area contributed by atoms with Crippen LogP contribution in [0.1, 0.15) is 24.0 Å². The van der Waals surface area contributed by atoms with Gasteiger partial charge in [-0.3, -0.25) is 4.90 Å². The minimum atomic E-state index is 0.00113. The van der Waals surface area contributed by atoms with Gasteiger partial charge in [-0.05, 0) is 49.6 Å². The molecule has 2 aromatic rings. The van der Waals surface area contributed by atoms with E-state index in [2.05, 4.69) is 22.1 Å². The van der Waals surface area contributed by atoms with E-state index in [0.717, 1.165) is 56.9 Å². The fraction of sp³-hybridized carbons (Fsp3) is 0.500. The van der Waals surface area contributed by atoms with Gasteiger partial charge < -0.3 is 9.64 Å². The number of benzene rings is 1. The molecule has 2 aliphatic rings. The predicted octanol–water partition coefficient (Wildman–Crippen LogP) is 2.77. The number of likely N-dealkylation sites (tertiary alicyclic amines) is 2. The van der Waals surface area contributed by atoms with E-state index < -0.39 is 0 Å². The molecular weight excluding hydrogens is 328 g/mol. The summed E-state index contributed by atoms with van der Waals surface area (Å²) in [5, 5.41) is 4.17. The second-order valence-corrected chi connectivity index (χ2v) is 7.73. The largest absolute Gasteiger partial charge is 0.497 e. The fourth-order valence-corrected chi connectivity index (χ4v) is 4.29. The summed E-state index contributed by atoms with van der Waals surface area (Å²) in [5.74, 6) is 0.906. The Morgan fingerprint density at radius 2 is 2.12 bits per heavy atom. The molecule has 1 amide bonds.